The molecule has 0 aliphatic carbocycles. The average molecular weight is 582 g/mol. The molecule has 0 unspecified atom stereocenters. The summed E-state index contributed by atoms with van der Waals surface area (Å²) in [6.45, 7) is 0.886. The van der Waals surface area contributed by atoms with Crippen molar-refractivity contribution in [2.24, 2.45) is 0 Å². The van der Waals surface area contributed by atoms with Gasteiger partial charge >= 0.3 is 0 Å². The van der Waals surface area contributed by atoms with E-state index in [0.717, 1.165) is 11.1 Å². The fourth-order valence-electron chi connectivity index (χ4n) is 5.28. The number of imidazole rings is 1. The van der Waals surface area contributed by atoms with Gasteiger partial charge in [0.05, 0.1) is 25.7 Å². The number of likely N-dealkylation sites (tertiary alicyclic amines) is 1. The molecule has 43 heavy (non-hydrogen) atoms. The van der Waals surface area contributed by atoms with Gasteiger partial charge in [-0.25, -0.2) is 4.98 Å². The normalized spacial score (nSPS) is 18.8. The van der Waals surface area contributed by atoms with Gasteiger partial charge in [-0.1, -0.05) is 24.3 Å². The molecule has 3 N–H and O–H groups in total. The maximum absolute atomic E-state index is 13.7. The molecule has 3 aliphatic heterocycles. The van der Waals surface area contributed by atoms with Gasteiger partial charge in [0.25, 0.3) is 17.7 Å². The van der Waals surface area contributed by atoms with Gasteiger partial charge in [-0.15, -0.1) is 0 Å². The lowest BCUT2D eigenvalue weighted by molar-refractivity contribution is -0.123. The Kier molecular flexibility index (Phi) is 7.94. The van der Waals surface area contributed by atoms with Crippen LogP contribution in [-0.2, 0) is 11.3 Å². The Morgan fingerprint density at radius 3 is 2.67 bits per heavy atom. The Balaban J connectivity index is 1.34. The summed E-state index contributed by atoms with van der Waals surface area (Å²) in [6.07, 6.45) is 3.06. The number of aromatic nitrogens is 2. The summed E-state index contributed by atoms with van der Waals surface area (Å²) >= 11 is 0. The highest BCUT2D eigenvalue weighted by Crippen LogP contribution is 2.33. The minimum absolute atomic E-state index is 0.146. The highest BCUT2D eigenvalue weighted by atomic mass is 16.5. The molecule has 11 heteroatoms. The third kappa shape index (κ3) is 6.30. The van der Waals surface area contributed by atoms with Gasteiger partial charge in [0, 0.05) is 37.2 Å². The second-order valence-electron chi connectivity index (χ2n) is 10.4. The largest absolute Gasteiger partial charge is 0.496 e. The van der Waals surface area contributed by atoms with Gasteiger partial charge < -0.3 is 34.7 Å². The maximum Gasteiger partial charge on any atom is 0.271 e. The van der Waals surface area contributed by atoms with Gasteiger partial charge in [0.2, 0.25) is 0 Å². The molecule has 1 aromatic heterocycles. The van der Waals surface area contributed by atoms with Crippen molar-refractivity contribution in [1.29, 1.82) is 0 Å². The molecule has 1 fully saturated rings. The van der Waals surface area contributed by atoms with Crippen molar-refractivity contribution in [1.82, 2.24) is 25.5 Å². The fraction of sp³-hybridized carbons (Fsp3) is 0.250. The number of ether oxygens (including phenoxy) is 3. The molecule has 1 saturated heterocycles. The van der Waals surface area contributed by atoms with Crippen LogP contribution in [-0.4, -0.2) is 71.5 Å². The van der Waals surface area contributed by atoms with Crippen molar-refractivity contribution < 1.29 is 28.6 Å². The standard InChI is InChI=1S/C32H31N5O6/c1-41-28-10-7-22-14-25(28)21-3-2-4-24(13-21)42-18-30(38)34-15-20-5-8-23(9-6-20)43-29-11-12-37(17-27(29)36-31(22)39)32(40)26-16-33-19-35-26/h2-10,13-14,16,19,27,29H,11-12,15,17-18H2,1H3,(H,33,35)(H,34,38)(H,36,39)/t27-,29-/m1/s1. The van der Waals surface area contributed by atoms with E-state index in [2.05, 4.69) is 20.6 Å². The monoisotopic (exact) mass is 581 g/mol. The molecular weight excluding hydrogens is 550 g/mol. The smallest absolute Gasteiger partial charge is 0.271 e. The van der Waals surface area contributed by atoms with Crippen LogP contribution in [0.15, 0.2) is 79.3 Å². The van der Waals surface area contributed by atoms with E-state index in [0.29, 0.717) is 53.6 Å². The molecule has 11 nitrogen and oxygen atoms in total. The Morgan fingerprint density at radius 1 is 1.02 bits per heavy atom. The number of methoxy groups -OCH3 is 1. The van der Waals surface area contributed by atoms with Gasteiger partial charge in [0.1, 0.15) is 29.0 Å². The predicted molar refractivity (Wildman–Crippen MR) is 157 cm³/mol. The van der Waals surface area contributed by atoms with E-state index < -0.39 is 12.1 Å². The number of nitrogens with zero attached hydrogens (tertiary/aromatic N) is 2. The van der Waals surface area contributed by atoms with Crippen LogP contribution < -0.4 is 24.8 Å². The van der Waals surface area contributed by atoms with Crippen LogP contribution in [0.5, 0.6) is 17.2 Å². The predicted octanol–water partition coefficient (Wildman–Crippen LogP) is 3.19. The number of nitrogens with one attached hydrogen (secondary N) is 3. The second kappa shape index (κ2) is 12.3. The Hall–Kier alpha value is -5.32. The van der Waals surface area contributed by atoms with Crippen LogP contribution in [0.2, 0.25) is 0 Å². The Labute approximate surface area is 248 Å². The number of fused-ring (bicyclic) bond motifs is 7. The molecule has 220 valence electrons. The highest BCUT2D eigenvalue weighted by molar-refractivity contribution is 5.97. The number of hydrogen-bond acceptors (Lipinski definition) is 7. The number of amides is 3. The molecule has 3 aliphatic rings. The number of aromatic amines is 1. The molecule has 6 bridgehead atoms. The van der Waals surface area contributed by atoms with Gasteiger partial charge in [0.15, 0.2) is 6.61 Å². The maximum atomic E-state index is 13.7. The van der Waals surface area contributed by atoms with Gasteiger partial charge in [-0.3, -0.25) is 14.4 Å². The van der Waals surface area contributed by atoms with E-state index in [9.17, 15) is 14.4 Å². The average Bonchev–Trinajstić information content (AvgIpc) is 3.58. The van der Waals surface area contributed by atoms with Crippen LogP contribution in [0.25, 0.3) is 11.1 Å². The Morgan fingerprint density at radius 2 is 1.88 bits per heavy atom. The molecule has 0 spiro atoms. The quantitative estimate of drug-likeness (QED) is 0.331. The number of H-pyrrole nitrogens is 1. The molecule has 0 saturated carbocycles. The molecular formula is C32H31N5O6. The first-order valence-corrected chi connectivity index (χ1v) is 14.0. The van der Waals surface area contributed by atoms with Crippen LogP contribution >= 0.6 is 0 Å². The molecule has 2 atom stereocenters. The summed E-state index contributed by atoms with van der Waals surface area (Å²) in [5.41, 5.74) is 3.13. The van der Waals surface area contributed by atoms with E-state index >= 15 is 0 Å². The number of carbonyl (C=O) groups excluding carboxylic acids is 3. The van der Waals surface area contributed by atoms with E-state index in [1.54, 1.807) is 42.3 Å². The number of carbonyl (C=O) groups is 3. The second-order valence-corrected chi connectivity index (χ2v) is 10.4. The van der Waals surface area contributed by atoms with Crippen molar-refractivity contribution in [2.45, 2.75) is 25.1 Å². The first-order valence-electron chi connectivity index (χ1n) is 14.0. The van der Waals surface area contributed by atoms with Crippen molar-refractivity contribution in [3.05, 3.63) is 96.1 Å². The van der Waals surface area contributed by atoms with Crippen LogP contribution in [0, 0.1) is 0 Å². The summed E-state index contributed by atoms with van der Waals surface area (Å²) in [5, 5.41) is 6.00. The van der Waals surface area contributed by atoms with Gasteiger partial charge in [-0.05, 0) is 53.6 Å². The summed E-state index contributed by atoms with van der Waals surface area (Å²) in [4.78, 5) is 47.8. The van der Waals surface area contributed by atoms with E-state index in [1.165, 1.54) is 12.5 Å². The Bertz CT molecular complexity index is 1620. The lowest BCUT2D eigenvalue weighted by Gasteiger charge is -2.38. The minimum atomic E-state index is -0.500. The van der Waals surface area contributed by atoms with Crippen molar-refractivity contribution in [3.63, 3.8) is 0 Å². The van der Waals surface area contributed by atoms with Gasteiger partial charge in [-0.2, -0.15) is 0 Å². The number of hydrogen-bond donors (Lipinski definition) is 3. The van der Waals surface area contributed by atoms with E-state index in [-0.39, 0.29) is 30.9 Å². The van der Waals surface area contributed by atoms with E-state index in [4.69, 9.17) is 14.2 Å². The van der Waals surface area contributed by atoms with E-state index in [1.807, 2.05) is 36.4 Å². The number of rotatable bonds is 2. The summed E-state index contributed by atoms with van der Waals surface area (Å²) in [5.74, 6) is 0.940. The zero-order chi connectivity index (χ0) is 29.8. The van der Waals surface area contributed by atoms with Crippen LogP contribution in [0.3, 0.4) is 0 Å². The molecule has 4 aromatic rings. The number of piperidine rings is 1. The SMILES string of the molecule is COc1ccc2cc1-c1cccc(c1)OCC(=O)NCc1ccc(cc1)O[C@@H]1CCN(C(=O)c3cnc[nH]3)C[C@H]1NC2=O. The third-order valence-electron chi connectivity index (χ3n) is 7.56. The molecule has 4 heterocycles. The third-order valence-corrected chi connectivity index (χ3v) is 7.56. The first-order chi connectivity index (χ1) is 21.0. The number of benzene rings is 3. The minimum Gasteiger partial charge on any atom is -0.496 e. The van der Waals surface area contributed by atoms with Crippen molar-refractivity contribution in [2.75, 3.05) is 26.8 Å². The molecule has 7 rings (SSSR count). The van der Waals surface area contributed by atoms with Crippen molar-refractivity contribution in [3.8, 4) is 28.4 Å². The zero-order valence-corrected chi connectivity index (χ0v) is 23.5. The molecule has 0 radical (unpaired) electrons. The summed E-state index contributed by atoms with van der Waals surface area (Å²) in [6, 6.07) is 19.4. The lowest BCUT2D eigenvalue weighted by Crippen LogP contribution is -2.58. The highest BCUT2D eigenvalue weighted by Gasteiger charge is 2.35. The van der Waals surface area contributed by atoms with Crippen LogP contribution in [0.4, 0.5) is 0 Å². The topological polar surface area (TPSA) is 135 Å². The van der Waals surface area contributed by atoms with Crippen LogP contribution in [0.1, 0.15) is 32.8 Å². The first kappa shape index (κ1) is 27.8. The molecule has 3 amide bonds. The zero-order valence-electron chi connectivity index (χ0n) is 23.5. The summed E-state index contributed by atoms with van der Waals surface area (Å²) in [7, 11) is 1.56. The summed E-state index contributed by atoms with van der Waals surface area (Å²) < 4.78 is 17.7. The van der Waals surface area contributed by atoms with Crippen molar-refractivity contribution >= 4 is 17.7 Å². The lowest BCUT2D eigenvalue weighted by atomic mass is 9.99. The molecule has 3 aromatic carbocycles. The fourth-order valence-corrected chi connectivity index (χ4v) is 5.28.